The van der Waals surface area contributed by atoms with Crippen LogP contribution in [0.25, 0.3) is 0 Å². The summed E-state index contributed by atoms with van der Waals surface area (Å²) in [7, 11) is 0.241. The van der Waals surface area contributed by atoms with E-state index < -0.39 is 0 Å². The van der Waals surface area contributed by atoms with E-state index in [0.29, 0.717) is 0 Å². The first-order valence-corrected chi connectivity index (χ1v) is 15.8. The number of benzene rings is 1. The van der Waals surface area contributed by atoms with E-state index in [2.05, 4.69) is 61.1 Å². The van der Waals surface area contributed by atoms with Crippen LogP contribution in [0.15, 0.2) is 0 Å². The minimum absolute atomic E-state index is 0.120. The van der Waals surface area contributed by atoms with Gasteiger partial charge in [-0.3, -0.25) is 0 Å². The van der Waals surface area contributed by atoms with Crippen molar-refractivity contribution in [2.45, 2.75) is 12.8 Å². The van der Waals surface area contributed by atoms with Gasteiger partial charge < -0.3 is 0 Å². The molecule has 1 nitrogen and oxygen atoms in total. The molecule has 1 heterocycles. The molecule has 0 unspecified atom stereocenters. The number of hydrogen-bond acceptors (Lipinski definition) is 1. The predicted octanol–water partition coefficient (Wildman–Crippen LogP) is 7.41. The van der Waals surface area contributed by atoms with Crippen molar-refractivity contribution in [2.24, 2.45) is 0 Å². The van der Waals surface area contributed by atoms with Crippen LogP contribution in [-0.4, -0.2) is 51.3 Å². The molecule has 0 bridgehead atoms. The van der Waals surface area contributed by atoms with Gasteiger partial charge in [0.2, 0.25) is 0 Å². The standard InChI is InChI=1S/C6Cl5.C4H6O.2C3H9P.Ni/c7-2-1-3(8)5(10)6(11)4(2)9;1-2-4-5-3-1;2*1-4(2)3;/h;1-3H2;2*1-3H3;/q-1;;;;/p+2. The van der Waals surface area contributed by atoms with E-state index in [1.807, 2.05) is 0 Å². The fraction of sp³-hybridized carbons (Fsp3) is 0.562. The van der Waals surface area contributed by atoms with Gasteiger partial charge in [0.15, 0.2) is 0 Å². The Morgan fingerprint density at radius 1 is 0.800 bits per heavy atom. The molecule has 0 aliphatic carbocycles. The maximum absolute atomic E-state index is 5.64. The number of halogens is 5. The Kier molecular flexibility index (Phi) is 19.5. The number of ether oxygens (including phenoxy) is 1. The van der Waals surface area contributed by atoms with Crippen molar-refractivity contribution in [1.82, 2.24) is 0 Å². The van der Waals surface area contributed by atoms with E-state index in [0.717, 1.165) is 24.1 Å². The van der Waals surface area contributed by atoms with Gasteiger partial charge in [0, 0.05) is 40.0 Å². The first kappa shape index (κ1) is 29.1. The van der Waals surface area contributed by atoms with E-state index in [4.69, 9.17) is 62.7 Å². The van der Waals surface area contributed by atoms with Crippen molar-refractivity contribution in [3.8, 4) is 0 Å². The van der Waals surface area contributed by atoms with Crippen LogP contribution < -0.4 is 0 Å². The normalized spacial score (nSPS) is 12.8. The summed E-state index contributed by atoms with van der Waals surface area (Å²) in [5.74, 6) is 0. The molecular formula is C16H26Cl5NiOP2+. The SMILES string of the molecule is C[PH+](C)C.C[PH+](C)C.Clc1[c-]c(Cl)c(Cl)c(Cl)c1Cl.[Ni]=[C]1CCCO1. The van der Waals surface area contributed by atoms with Crippen LogP contribution in [0.1, 0.15) is 12.8 Å². The molecule has 9 heteroatoms. The third-order valence-corrected chi connectivity index (χ3v) is 4.22. The Morgan fingerprint density at radius 2 is 1.16 bits per heavy atom. The monoisotopic (exact) mass is 529 g/mol. The molecule has 0 saturated carbocycles. The van der Waals surface area contributed by atoms with Gasteiger partial charge in [0.25, 0.3) is 0 Å². The Bertz CT molecular complexity index is 482. The molecule has 0 N–H and O–H groups in total. The van der Waals surface area contributed by atoms with Crippen LogP contribution in [0.3, 0.4) is 0 Å². The van der Waals surface area contributed by atoms with Crippen molar-refractivity contribution in [1.29, 1.82) is 0 Å². The molecule has 1 fully saturated rings. The quantitative estimate of drug-likeness (QED) is 0.111. The average molecular weight is 532 g/mol. The average Bonchev–Trinajstić information content (AvgIpc) is 2.94. The van der Waals surface area contributed by atoms with E-state index in [9.17, 15) is 0 Å². The topological polar surface area (TPSA) is 9.23 Å². The zero-order valence-electron chi connectivity index (χ0n) is 15.2. The molecule has 0 amide bonds. The van der Waals surface area contributed by atoms with E-state index >= 15 is 0 Å². The summed E-state index contributed by atoms with van der Waals surface area (Å²) in [5, 5.41) is 0.838. The van der Waals surface area contributed by atoms with E-state index in [-0.39, 0.29) is 41.0 Å². The van der Waals surface area contributed by atoms with Crippen molar-refractivity contribution < 1.29 is 19.8 Å². The molecule has 1 aromatic carbocycles. The summed E-state index contributed by atoms with van der Waals surface area (Å²) in [4.78, 5) is 0. The molecule has 0 aromatic heterocycles. The molecule has 150 valence electrons. The second-order valence-corrected chi connectivity index (χ2v) is 14.4. The molecule has 0 atom stereocenters. The molecule has 25 heavy (non-hydrogen) atoms. The minimum atomic E-state index is 0.120. The Hall–Kier alpha value is 1.85. The van der Waals surface area contributed by atoms with Crippen molar-refractivity contribution in [2.75, 3.05) is 46.6 Å². The van der Waals surface area contributed by atoms with Gasteiger partial charge in [-0.2, -0.15) is 23.2 Å². The Labute approximate surface area is 187 Å². The van der Waals surface area contributed by atoms with Gasteiger partial charge >= 0.3 is 43.9 Å². The van der Waals surface area contributed by atoms with Crippen LogP contribution in [0.5, 0.6) is 0 Å². The first-order valence-electron chi connectivity index (χ1n) is 7.45. The van der Waals surface area contributed by atoms with Crippen LogP contribution >= 0.6 is 73.8 Å². The van der Waals surface area contributed by atoms with Crippen molar-refractivity contribution in [3.63, 3.8) is 0 Å². The molecular weight excluding hydrogens is 506 g/mol. The van der Waals surface area contributed by atoms with Crippen LogP contribution in [0, 0.1) is 6.07 Å². The summed E-state index contributed by atoms with van der Waals surface area (Å²) in [6, 6.07) is 2.53. The summed E-state index contributed by atoms with van der Waals surface area (Å²) >= 11 is 32.5. The molecule has 1 aliphatic heterocycles. The number of hydrogen-bond donors (Lipinski definition) is 0. The predicted molar refractivity (Wildman–Crippen MR) is 123 cm³/mol. The van der Waals surface area contributed by atoms with Gasteiger partial charge in [0.1, 0.15) is 0 Å². The van der Waals surface area contributed by atoms with Crippen LogP contribution in [-0.2, 0) is 19.8 Å². The molecule has 0 radical (unpaired) electrons. The second kappa shape index (κ2) is 16.8. The van der Waals surface area contributed by atoms with Gasteiger partial charge in [-0.15, -0.1) is 40.9 Å². The van der Waals surface area contributed by atoms with E-state index in [1.54, 1.807) is 0 Å². The van der Waals surface area contributed by atoms with Gasteiger partial charge in [-0.05, 0) is 30.9 Å². The fourth-order valence-electron chi connectivity index (χ4n) is 0.944. The first-order chi connectivity index (χ1) is 11.4. The van der Waals surface area contributed by atoms with Gasteiger partial charge in [-0.25, -0.2) is 0 Å². The van der Waals surface area contributed by atoms with Crippen molar-refractivity contribution in [3.05, 3.63) is 31.2 Å². The maximum atomic E-state index is 5.64. The summed E-state index contributed by atoms with van der Waals surface area (Å²) in [5.41, 5.74) is 0. The summed E-state index contributed by atoms with van der Waals surface area (Å²) < 4.78 is 5.73. The van der Waals surface area contributed by atoms with Gasteiger partial charge in [-0.1, -0.05) is 10.0 Å². The zero-order chi connectivity index (χ0) is 20.2. The molecule has 1 saturated heterocycles. The zero-order valence-corrected chi connectivity index (χ0v) is 22.0. The summed E-state index contributed by atoms with van der Waals surface area (Å²) in [6.07, 6.45) is 2.15. The Balaban J connectivity index is 0. The fourth-order valence-corrected chi connectivity index (χ4v) is 2.26. The van der Waals surface area contributed by atoms with Gasteiger partial charge in [0.05, 0.1) is 0 Å². The second-order valence-electron chi connectivity index (χ2n) is 5.97. The van der Waals surface area contributed by atoms with Crippen molar-refractivity contribution >= 4 is 78.5 Å². The molecule has 1 aromatic rings. The molecule has 1 aliphatic rings. The van der Waals surface area contributed by atoms with E-state index in [1.165, 1.54) is 0 Å². The van der Waals surface area contributed by atoms with Crippen LogP contribution in [0.2, 0.25) is 25.1 Å². The Morgan fingerprint density at radius 3 is 1.36 bits per heavy atom. The van der Waals surface area contributed by atoms with Crippen LogP contribution in [0.4, 0.5) is 0 Å². The third-order valence-electron chi connectivity index (χ3n) is 1.74. The summed E-state index contributed by atoms with van der Waals surface area (Å²) in [6.45, 7) is 14.5. The number of rotatable bonds is 0. The third kappa shape index (κ3) is 17.7. The molecule has 0 spiro atoms. The molecule has 2 rings (SSSR count).